The molecule has 0 aromatic carbocycles. The lowest BCUT2D eigenvalue weighted by atomic mass is 10.0. The number of nitrogens with one attached hydrogen (secondary N) is 1. The van der Waals surface area contributed by atoms with Crippen LogP contribution in [0, 0.1) is 0 Å². The van der Waals surface area contributed by atoms with Gasteiger partial charge >= 0.3 is 13.8 Å². The van der Waals surface area contributed by atoms with Crippen LogP contribution in [0.4, 0.5) is 0 Å². The largest absolute Gasteiger partial charge is 0.472 e. The molecule has 0 bridgehead atoms. The Kier molecular flexibility index (Phi) is 49.5. The molecular formula is C60H116N2O7P+. The highest BCUT2D eigenvalue weighted by atomic mass is 31.2. The average molecular weight is 1010 g/mol. The first-order chi connectivity index (χ1) is 33.9. The number of quaternary nitrogens is 1. The third kappa shape index (κ3) is 51.1. The normalized spacial score (nSPS) is 14.0. The molecule has 0 aromatic heterocycles. The lowest BCUT2D eigenvalue weighted by Crippen LogP contribution is -2.47. The van der Waals surface area contributed by atoms with E-state index in [1.165, 1.54) is 193 Å². The Morgan fingerprint density at radius 2 is 0.886 bits per heavy atom. The summed E-state index contributed by atoms with van der Waals surface area (Å²) in [6.07, 6.45) is 60.2. The maximum absolute atomic E-state index is 13.4. The lowest BCUT2D eigenvalue weighted by molar-refractivity contribution is -0.870. The molecule has 0 saturated carbocycles. The molecule has 3 atom stereocenters. The summed E-state index contributed by atoms with van der Waals surface area (Å²) >= 11 is 0. The van der Waals surface area contributed by atoms with Gasteiger partial charge in [0, 0.05) is 12.8 Å². The van der Waals surface area contributed by atoms with Gasteiger partial charge in [-0.05, 0) is 51.0 Å². The van der Waals surface area contributed by atoms with E-state index in [0.29, 0.717) is 17.4 Å². The number of nitrogens with zero attached hydrogens (tertiary/aromatic N) is 1. The summed E-state index contributed by atoms with van der Waals surface area (Å²) in [5, 5.41) is 3.01. The minimum atomic E-state index is -4.45. The topological polar surface area (TPSA) is 111 Å². The molecule has 2 N–H and O–H groups in total. The number of carbonyl (C=O) groups is 2. The molecule has 1 amide bonds. The van der Waals surface area contributed by atoms with Crippen molar-refractivity contribution in [2.45, 2.75) is 296 Å². The molecule has 0 saturated heterocycles. The molecule has 0 heterocycles. The number of rotatable bonds is 54. The maximum Gasteiger partial charge on any atom is 0.472 e. The summed E-state index contributed by atoms with van der Waals surface area (Å²) in [6.45, 7) is 6.98. The van der Waals surface area contributed by atoms with Crippen LogP contribution in [-0.4, -0.2) is 74.3 Å². The van der Waals surface area contributed by atoms with Crippen LogP contribution in [0.1, 0.15) is 284 Å². The van der Waals surface area contributed by atoms with Gasteiger partial charge in [0.15, 0.2) is 0 Å². The van der Waals surface area contributed by atoms with E-state index in [1.807, 2.05) is 39.4 Å². The van der Waals surface area contributed by atoms with Crippen molar-refractivity contribution in [1.82, 2.24) is 5.32 Å². The number of likely N-dealkylation sites (N-methyl/N-ethyl adjacent to an activating group) is 1. The van der Waals surface area contributed by atoms with E-state index in [0.717, 1.165) is 51.4 Å². The number of phosphoric acid groups is 1. The third-order valence-electron chi connectivity index (χ3n) is 13.3. The fraction of sp³-hybridized carbons (Fsp3) is 0.867. The minimum Gasteiger partial charge on any atom is -0.456 e. The monoisotopic (exact) mass is 1010 g/mol. The highest BCUT2D eigenvalue weighted by Gasteiger charge is 2.30. The van der Waals surface area contributed by atoms with Crippen molar-refractivity contribution in [3.8, 4) is 0 Å². The summed E-state index contributed by atoms with van der Waals surface area (Å²) in [5.41, 5.74) is 0. The predicted molar refractivity (Wildman–Crippen MR) is 300 cm³/mol. The first-order valence-corrected chi connectivity index (χ1v) is 31.3. The van der Waals surface area contributed by atoms with E-state index in [-0.39, 0.29) is 37.9 Å². The molecule has 70 heavy (non-hydrogen) atoms. The lowest BCUT2D eigenvalue weighted by Gasteiger charge is -2.27. The third-order valence-corrected chi connectivity index (χ3v) is 14.3. The summed E-state index contributed by atoms with van der Waals surface area (Å²) in [6, 6.07) is -0.873. The van der Waals surface area contributed by atoms with Crippen LogP contribution in [-0.2, 0) is 27.9 Å². The van der Waals surface area contributed by atoms with Gasteiger partial charge in [0.25, 0.3) is 0 Å². The number of allylic oxidation sites excluding steroid dienone is 5. The van der Waals surface area contributed by atoms with Crippen LogP contribution in [0.15, 0.2) is 36.5 Å². The van der Waals surface area contributed by atoms with E-state index in [1.54, 1.807) is 0 Å². The molecule has 0 fully saturated rings. The first kappa shape index (κ1) is 68.2. The number of hydrogen-bond acceptors (Lipinski definition) is 6. The van der Waals surface area contributed by atoms with Crippen molar-refractivity contribution in [2.24, 2.45) is 0 Å². The smallest absolute Gasteiger partial charge is 0.456 e. The molecule has 0 aromatic rings. The Labute approximate surface area is 434 Å². The fourth-order valence-corrected chi connectivity index (χ4v) is 9.43. The quantitative estimate of drug-likeness (QED) is 0.0205. The SMILES string of the molecule is CCCCCCCC/C=C\C/C=C/CCC(=O)NC(COP(=O)(O)OCC[N+](C)(C)C)C(/C=C\CCCCCCCCCCCC)OC(=O)CCCCCCCCCCCCCCCCCCCCC. The maximum atomic E-state index is 13.4. The second-order valence-electron chi connectivity index (χ2n) is 21.5. The molecule has 3 unspecified atom stereocenters. The second kappa shape index (κ2) is 50.7. The van der Waals surface area contributed by atoms with Gasteiger partial charge in [-0.2, -0.15) is 0 Å². The van der Waals surface area contributed by atoms with Crippen molar-refractivity contribution in [3.63, 3.8) is 0 Å². The molecule has 9 nitrogen and oxygen atoms in total. The van der Waals surface area contributed by atoms with E-state index in [9.17, 15) is 19.0 Å². The van der Waals surface area contributed by atoms with Gasteiger partial charge < -0.3 is 19.4 Å². The van der Waals surface area contributed by atoms with Crippen molar-refractivity contribution in [3.05, 3.63) is 36.5 Å². The molecule has 0 rings (SSSR count). The van der Waals surface area contributed by atoms with Crippen LogP contribution in [0.3, 0.4) is 0 Å². The van der Waals surface area contributed by atoms with E-state index < -0.39 is 20.0 Å². The number of esters is 1. The summed E-state index contributed by atoms with van der Waals surface area (Å²) in [5.74, 6) is -0.572. The number of hydrogen-bond donors (Lipinski definition) is 2. The average Bonchev–Trinajstić information content (AvgIpc) is 3.32. The summed E-state index contributed by atoms with van der Waals surface area (Å²) in [4.78, 5) is 37.5. The molecule has 0 aliphatic heterocycles. The van der Waals surface area contributed by atoms with Crippen molar-refractivity contribution in [2.75, 3.05) is 40.9 Å². The highest BCUT2D eigenvalue weighted by molar-refractivity contribution is 7.47. The predicted octanol–water partition coefficient (Wildman–Crippen LogP) is 17.9. The van der Waals surface area contributed by atoms with Crippen LogP contribution >= 0.6 is 7.82 Å². The Hall–Kier alpha value is -1.77. The fourth-order valence-electron chi connectivity index (χ4n) is 8.70. The van der Waals surface area contributed by atoms with Crippen molar-refractivity contribution < 1.29 is 37.3 Å². The van der Waals surface area contributed by atoms with Gasteiger partial charge in [-0.25, -0.2) is 4.57 Å². The Morgan fingerprint density at radius 3 is 1.31 bits per heavy atom. The second-order valence-corrected chi connectivity index (χ2v) is 23.0. The van der Waals surface area contributed by atoms with Crippen LogP contribution in [0.25, 0.3) is 0 Å². The van der Waals surface area contributed by atoms with Gasteiger partial charge in [0.1, 0.15) is 19.3 Å². The number of ether oxygens (including phenoxy) is 1. The van der Waals surface area contributed by atoms with Gasteiger partial charge in [0.05, 0.1) is 33.8 Å². The van der Waals surface area contributed by atoms with Gasteiger partial charge in [-0.3, -0.25) is 18.6 Å². The zero-order valence-electron chi connectivity index (χ0n) is 47.0. The van der Waals surface area contributed by atoms with E-state index in [2.05, 4.69) is 44.3 Å². The summed E-state index contributed by atoms with van der Waals surface area (Å²) in [7, 11) is 1.47. The van der Waals surface area contributed by atoms with Crippen LogP contribution in [0.5, 0.6) is 0 Å². The molecule has 0 spiro atoms. The number of unbranched alkanes of at least 4 members (excludes halogenated alkanes) is 34. The standard InChI is InChI=1S/C60H115N2O7P/c1-7-10-13-16-19-22-25-28-29-30-31-32-33-35-38-41-44-47-50-53-60(64)69-58(51-48-45-42-39-36-27-24-21-18-15-12-9-3)57(56-68-70(65,66)67-55-54-62(4,5)6)61-59(63)52-49-46-43-40-37-34-26-23-20-17-14-11-8-2/h34,37,43,46,48,51,57-58H,7-33,35-36,38-42,44-45,47,49-50,52-56H2,1-6H3,(H-,61,63,65,66)/p+1/b37-34-,46-43+,51-48-. The number of phosphoric ester groups is 1. The van der Waals surface area contributed by atoms with Gasteiger partial charge in [-0.15, -0.1) is 0 Å². The summed E-state index contributed by atoms with van der Waals surface area (Å²) < 4.78 is 30.6. The van der Waals surface area contributed by atoms with Crippen LogP contribution in [0.2, 0.25) is 0 Å². The number of carbonyl (C=O) groups excluding carboxylic acids is 2. The number of amides is 1. The molecular weight excluding hydrogens is 892 g/mol. The van der Waals surface area contributed by atoms with Gasteiger partial charge in [0.2, 0.25) is 5.91 Å². The highest BCUT2D eigenvalue weighted by Crippen LogP contribution is 2.43. The molecule has 412 valence electrons. The first-order valence-electron chi connectivity index (χ1n) is 29.8. The Bertz CT molecular complexity index is 1300. The van der Waals surface area contributed by atoms with Crippen molar-refractivity contribution >= 4 is 19.7 Å². The molecule has 0 aliphatic rings. The molecule has 0 aliphatic carbocycles. The zero-order valence-corrected chi connectivity index (χ0v) is 47.9. The van der Waals surface area contributed by atoms with Crippen LogP contribution < -0.4 is 5.32 Å². The van der Waals surface area contributed by atoms with Gasteiger partial charge in [-0.1, -0.05) is 257 Å². The molecule has 0 radical (unpaired) electrons. The van der Waals surface area contributed by atoms with E-state index >= 15 is 0 Å². The Balaban J connectivity index is 5.30. The van der Waals surface area contributed by atoms with E-state index in [4.69, 9.17) is 13.8 Å². The minimum absolute atomic E-state index is 0.0332. The van der Waals surface area contributed by atoms with Crippen molar-refractivity contribution in [1.29, 1.82) is 0 Å². The molecule has 10 heteroatoms. The Morgan fingerprint density at radius 1 is 0.500 bits per heavy atom. The zero-order chi connectivity index (χ0) is 51.5.